The molecule has 2 rings (SSSR count). The second kappa shape index (κ2) is 4.92. The van der Waals surface area contributed by atoms with Crippen molar-refractivity contribution in [1.29, 1.82) is 0 Å². The van der Waals surface area contributed by atoms with E-state index in [1.807, 2.05) is 19.1 Å². The van der Waals surface area contributed by atoms with Gasteiger partial charge in [-0.1, -0.05) is 12.1 Å². The van der Waals surface area contributed by atoms with E-state index in [1.165, 1.54) is 22.2 Å². The van der Waals surface area contributed by atoms with Crippen LogP contribution in [0, 0.1) is 13.8 Å². The van der Waals surface area contributed by atoms with E-state index in [-0.39, 0.29) is 5.78 Å². The monoisotopic (exact) mass is 256 g/mol. The lowest BCUT2D eigenvalue weighted by Gasteiger charge is -2.10. The number of rotatable bonds is 3. The number of carbonyl (C=O) groups is 1. The van der Waals surface area contributed by atoms with E-state index >= 15 is 0 Å². The summed E-state index contributed by atoms with van der Waals surface area (Å²) >= 11 is 0. The SMILES string of the molecule is CC(=O)C=C(C)Nc1cccc2c(C)c(C)n(C)c12. The Bertz CT molecular complexity index is 678. The van der Waals surface area contributed by atoms with E-state index in [1.54, 1.807) is 13.0 Å². The molecule has 0 radical (unpaired) electrons. The highest BCUT2D eigenvalue weighted by atomic mass is 16.1. The molecule has 0 unspecified atom stereocenters. The molecule has 1 aromatic carbocycles. The second-order valence-electron chi connectivity index (χ2n) is 5.03. The maximum absolute atomic E-state index is 11.1. The van der Waals surface area contributed by atoms with Crippen LogP contribution in [0.3, 0.4) is 0 Å². The predicted molar refractivity (Wildman–Crippen MR) is 80.5 cm³/mol. The fourth-order valence-electron chi connectivity index (χ4n) is 2.48. The molecule has 3 heteroatoms. The number of ketones is 1. The van der Waals surface area contributed by atoms with Gasteiger partial charge in [0.05, 0.1) is 11.2 Å². The number of carbonyl (C=O) groups excluding carboxylic acids is 1. The molecule has 0 aliphatic carbocycles. The van der Waals surface area contributed by atoms with E-state index in [2.05, 4.69) is 36.8 Å². The molecule has 0 saturated heterocycles. The highest BCUT2D eigenvalue weighted by Gasteiger charge is 2.11. The molecule has 100 valence electrons. The van der Waals surface area contributed by atoms with Gasteiger partial charge >= 0.3 is 0 Å². The van der Waals surface area contributed by atoms with Crippen molar-refractivity contribution < 1.29 is 4.79 Å². The molecular weight excluding hydrogens is 236 g/mol. The molecule has 0 bridgehead atoms. The number of aromatic nitrogens is 1. The zero-order valence-electron chi connectivity index (χ0n) is 12.2. The fourth-order valence-corrected chi connectivity index (χ4v) is 2.48. The first-order chi connectivity index (χ1) is 8.91. The lowest BCUT2D eigenvalue weighted by Crippen LogP contribution is -2.01. The Morgan fingerprint density at radius 1 is 1.26 bits per heavy atom. The summed E-state index contributed by atoms with van der Waals surface area (Å²) in [6, 6.07) is 6.21. The van der Waals surface area contributed by atoms with Gasteiger partial charge in [0.2, 0.25) is 0 Å². The van der Waals surface area contributed by atoms with Crippen molar-refractivity contribution >= 4 is 22.4 Å². The van der Waals surface area contributed by atoms with E-state index in [9.17, 15) is 4.79 Å². The van der Waals surface area contributed by atoms with Crippen LogP contribution in [0.25, 0.3) is 10.9 Å². The maximum Gasteiger partial charge on any atom is 0.154 e. The number of hydrogen-bond acceptors (Lipinski definition) is 2. The van der Waals surface area contributed by atoms with Gasteiger partial charge in [-0.15, -0.1) is 0 Å². The Hall–Kier alpha value is -2.03. The first-order valence-corrected chi connectivity index (χ1v) is 6.42. The molecule has 0 amide bonds. The number of anilines is 1. The smallest absolute Gasteiger partial charge is 0.154 e. The summed E-state index contributed by atoms with van der Waals surface area (Å²) in [7, 11) is 2.07. The van der Waals surface area contributed by atoms with Crippen LogP contribution in [0.5, 0.6) is 0 Å². The van der Waals surface area contributed by atoms with Crippen molar-refractivity contribution in [2.75, 3.05) is 5.32 Å². The average Bonchev–Trinajstić information content (AvgIpc) is 2.54. The Labute approximate surface area is 113 Å². The third kappa shape index (κ3) is 2.41. The molecule has 1 heterocycles. The van der Waals surface area contributed by atoms with Crippen LogP contribution in [0.15, 0.2) is 30.0 Å². The molecule has 0 spiro atoms. The van der Waals surface area contributed by atoms with Crippen molar-refractivity contribution in [3.63, 3.8) is 0 Å². The lowest BCUT2D eigenvalue weighted by atomic mass is 10.1. The Morgan fingerprint density at radius 3 is 2.58 bits per heavy atom. The fraction of sp³-hybridized carbons (Fsp3) is 0.312. The highest BCUT2D eigenvalue weighted by molar-refractivity contribution is 5.96. The van der Waals surface area contributed by atoms with E-state index in [0.717, 1.165) is 11.4 Å². The highest BCUT2D eigenvalue weighted by Crippen LogP contribution is 2.30. The molecule has 0 saturated carbocycles. The van der Waals surface area contributed by atoms with Crippen molar-refractivity contribution in [2.24, 2.45) is 7.05 Å². The number of aryl methyl sites for hydroxylation is 2. The van der Waals surface area contributed by atoms with Gasteiger partial charge in [-0.3, -0.25) is 4.79 Å². The largest absolute Gasteiger partial charge is 0.357 e. The van der Waals surface area contributed by atoms with Crippen LogP contribution >= 0.6 is 0 Å². The Kier molecular flexibility index (Phi) is 3.47. The van der Waals surface area contributed by atoms with Gasteiger partial charge in [-0.25, -0.2) is 0 Å². The van der Waals surface area contributed by atoms with Gasteiger partial charge < -0.3 is 9.88 Å². The summed E-state index contributed by atoms with van der Waals surface area (Å²) in [6.45, 7) is 7.72. The quantitative estimate of drug-likeness (QED) is 0.850. The minimum atomic E-state index is 0.0522. The molecule has 1 N–H and O–H groups in total. The number of nitrogens with one attached hydrogen (secondary N) is 1. The zero-order valence-corrected chi connectivity index (χ0v) is 12.2. The third-order valence-corrected chi connectivity index (χ3v) is 3.57. The standard InChI is InChI=1S/C16H20N2O/c1-10(9-11(2)19)17-15-8-6-7-14-12(3)13(4)18(5)16(14)15/h6-9,17H,1-5H3. The molecular formula is C16H20N2O. The van der Waals surface area contributed by atoms with Crippen molar-refractivity contribution in [2.45, 2.75) is 27.7 Å². The number of nitrogens with zero attached hydrogens (tertiary/aromatic N) is 1. The number of fused-ring (bicyclic) bond motifs is 1. The molecule has 0 atom stereocenters. The molecule has 0 aliphatic rings. The summed E-state index contributed by atoms with van der Waals surface area (Å²) in [4.78, 5) is 11.1. The number of allylic oxidation sites excluding steroid dienone is 2. The predicted octanol–water partition coefficient (Wildman–Crippen LogP) is 3.70. The molecule has 0 aliphatic heterocycles. The maximum atomic E-state index is 11.1. The third-order valence-electron chi connectivity index (χ3n) is 3.57. The van der Waals surface area contributed by atoms with E-state index in [0.29, 0.717) is 0 Å². The Balaban J connectivity index is 2.56. The Morgan fingerprint density at radius 2 is 1.95 bits per heavy atom. The van der Waals surface area contributed by atoms with Gasteiger partial charge in [-0.2, -0.15) is 0 Å². The summed E-state index contributed by atoms with van der Waals surface area (Å²) in [5, 5.41) is 4.57. The first kappa shape index (κ1) is 13.4. The van der Waals surface area contributed by atoms with Gasteiger partial charge in [-0.05, 0) is 45.4 Å². The lowest BCUT2D eigenvalue weighted by molar-refractivity contribution is -0.112. The molecule has 0 fully saturated rings. The topological polar surface area (TPSA) is 34.0 Å². The minimum absolute atomic E-state index is 0.0522. The van der Waals surface area contributed by atoms with Crippen LogP contribution in [-0.4, -0.2) is 10.4 Å². The van der Waals surface area contributed by atoms with Gasteiger partial charge in [0.1, 0.15) is 0 Å². The summed E-state index contributed by atoms with van der Waals surface area (Å²) < 4.78 is 2.19. The van der Waals surface area contributed by atoms with E-state index < -0.39 is 0 Å². The zero-order chi connectivity index (χ0) is 14.2. The molecule has 1 aromatic heterocycles. The van der Waals surface area contributed by atoms with Crippen LogP contribution in [0.1, 0.15) is 25.1 Å². The van der Waals surface area contributed by atoms with Crippen molar-refractivity contribution in [3.05, 3.63) is 41.2 Å². The van der Waals surface area contributed by atoms with Gasteiger partial charge in [0.25, 0.3) is 0 Å². The molecule has 19 heavy (non-hydrogen) atoms. The summed E-state index contributed by atoms with van der Waals surface area (Å²) in [6.07, 6.45) is 1.61. The molecule has 2 aromatic rings. The molecule has 3 nitrogen and oxygen atoms in total. The van der Waals surface area contributed by atoms with Crippen LogP contribution in [-0.2, 0) is 11.8 Å². The summed E-state index contributed by atoms with van der Waals surface area (Å²) in [5.74, 6) is 0.0522. The summed E-state index contributed by atoms with van der Waals surface area (Å²) in [5.41, 5.74) is 5.63. The van der Waals surface area contributed by atoms with Crippen molar-refractivity contribution in [1.82, 2.24) is 4.57 Å². The van der Waals surface area contributed by atoms with E-state index in [4.69, 9.17) is 0 Å². The van der Waals surface area contributed by atoms with Gasteiger partial charge in [0.15, 0.2) is 5.78 Å². The van der Waals surface area contributed by atoms with Crippen molar-refractivity contribution in [3.8, 4) is 0 Å². The average molecular weight is 256 g/mol. The first-order valence-electron chi connectivity index (χ1n) is 6.42. The minimum Gasteiger partial charge on any atom is -0.357 e. The normalized spacial score (nSPS) is 11.9. The number of benzene rings is 1. The van der Waals surface area contributed by atoms with Crippen LogP contribution in [0.2, 0.25) is 0 Å². The van der Waals surface area contributed by atoms with Crippen LogP contribution in [0.4, 0.5) is 5.69 Å². The second-order valence-corrected chi connectivity index (χ2v) is 5.03. The van der Waals surface area contributed by atoms with Gasteiger partial charge in [0, 0.05) is 23.8 Å². The number of para-hydroxylation sites is 1. The van der Waals surface area contributed by atoms with Crippen LogP contribution < -0.4 is 5.32 Å². The number of hydrogen-bond donors (Lipinski definition) is 1.